The molecule has 0 unspecified atom stereocenters. The average Bonchev–Trinajstić information content (AvgIpc) is 2.79. The lowest BCUT2D eigenvalue weighted by molar-refractivity contribution is 0.240. The summed E-state index contributed by atoms with van der Waals surface area (Å²) in [5, 5.41) is 1.13. The lowest BCUT2D eigenvalue weighted by atomic mass is 10.0. The van der Waals surface area contributed by atoms with Crippen LogP contribution in [-0.2, 0) is 19.5 Å². The van der Waals surface area contributed by atoms with Gasteiger partial charge < -0.3 is 9.88 Å². The maximum Gasteiger partial charge on any atom is 0.254 e. The number of nitrogens with zero attached hydrogens (tertiary/aromatic N) is 5. The van der Waals surface area contributed by atoms with Crippen molar-refractivity contribution in [1.82, 2.24) is 24.8 Å². The summed E-state index contributed by atoms with van der Waals surface area (Å²) in [6, 6.07) is 16.0. The Hall–Kier alpha value is -3.58. The zero-order chi connectivity index (χ0) is 21.4. The summed E-state index contributed by atoms with van der Waals surface area (Å²) in [7, 11) is 4.04. The lowest BCUT2D eigenvalue weighted by Crippen LogP contribution is -2.35. The number of para-hydroxylation sites is 1. The number of benzene rings is 1. The van der Waals surface area contributed by atoms with Crippen LogP contribution in [0, 0.1) is 0 Å². The highest BCUT2D eigenvalue weighted by Gasteiger charge is 2.23. The molecule has 0 bridgehead atoms. The summed E-state index contributed by atoms with van der Waals surface area (Å²) < 4.78 is 0. The summed E-state index contributed by atoms with van der Waals surface area (Å²) in [5.41, 5.74) is 4.38. The summed E-state index contributed by atoms with van der Waals surface area (Å²) in [4.78, 5) is 33.9. The van der Waals surface area contributed by atoms with E-state index in [0.29, 0.717) is 24.5 Å². The van der Waals surface area contributed by atoms with Crippen LogP contribution in [0.15, 0.2) is 59.5 Å². The molecule has 0 spiro atoms. The first-order chi connectivity index (χ1) is 15.1. The van der Waals surface area contributed by atoms with E-state index in [4.69, 9.17) is 9.97 Å². The smallest absolute Gasteiger partial charge is 0.254 e. The molecule has 0 radical (unpaired) electrons. The molecular formula is C24H24N6O. The molecule has 1 aliphatic heterocycles. The van der Waals surface area contributed by atoms with Crippen LogP contribution < -0.4 is 10.5 Å². The molecule has 7 heteroatoms. The molecule has 1 N–H and O–H groups in total. The van der Waals surface area contributed by atoms with Crippen molar-refractivity contribution in [3.8, 4) is 11.5 Å². The number of nitrogens with one attached hydrogen (secondary N) is 1. The van der Waals surface area contributed by atoms with E-state index >= 15 is 0 Å². The molecule has 1 aromatic carbocycles. The van der Waals surface area contributed by atoms with Crippen LogP contribution in [0.3, 0.4) is 0 Å². The molecule has 0 fully saturated rings. The molecule has 0 atom stereocenters. The van der Waals surface area contributed by atoms with Crippen LogP contribution in [0.25, 0.3) is 22.4 Å². The predicted molar refractivity (Wildman–Crippen MR) is 122 cm³/mol. The largest absolute Gasteiger partial charge is 0.362 e. The van der Waals surface area contributed by atoms with E-state index in [1.807, 2.05) is 50.5 Å². The minimum atomic E-state index is -0.0633. The summed E-state index contributed by atoms with van der Waals surface area (Å²) in [6.45, 7) is 2.18. The number of anilines is 1. The van der Waals surface area contributed by atoms with Crippen molar-refractivity contribution in [1.29, 1.82) is 0 Å². The minimum Gasteiger partial charge on any atom is -0.362 e. The fraction of sp³-hybridized carbons (Fsp3) is 0.250. The van der Waals surface area contributed by atoms with Crippen molar-refractivity contribution in [3.63, 3.8) is 0 Å². The number of aromatic nitrogens is 4. The SMILES string of the molecule is CN(C)c1nc2ccccc2cc1CN1CCc2c(nc(-c3ccccn3)[nH]c2=O)C1. The molecule has 5 rings (SSSR count). The number of hydrogen-bond acceptors (Lipinski definition) is 6. The van der Waals surface area contributed by atoms with Gasteiger partial charge in [-0.2, -0.15) is 0 Å². The van der Waals surface area contributed by atoms with Crippen molar-refractivity contribution in [2.75, 3.05) is 25.5 Å². The third kappa shape index (κ3) is 3.80. The van der Waals surface area contributed by atoms with E-state index in [1.54, 1.807) is 6.20 Å². The third-order valence-corrected chi connectivity index (χ3v) is 5.66. The van der Waals surface area contributed by atoms with Gasteiger partial charge in [-0.25, -0.2) is 9.97 Å². The second kappa shape index (κ2) is 7.92. The monoisotopic (exact) mass is 412 g/mol. The molecular weight excluding hydrogens is 388 g/mol. The number of hydrogen-bond donors (Lipinski definition) is 1. The maximum absolute atomic E-state index is 12.7. The van der Waals surface area contributed by atoms with E-state index in [9.17, 15) is 4.79 Å². The van der Waals surface area contributed by atoms with Gasteiger partial charge >= 0.3 is 0 Å². The Balaban J connectivity index is 1.47. The highest BCUT2D eigenvalue weighted by atomic mass is 16.1. The summed E-state index contributed by atoms with van der Waals surface area (Å²) in [5.74, 6) is 1.49. The second-order valence-corrected chi connectivity index (χ2v) is 8.07. The predicted octanol–water partition coefficient (Wildman–Crippen LogP) is 3.00. The van der Waals surface area contributed by atoms with Crippen LogP contribution in [-0.4, -0.2) is 45.5 Å². The molecule has 0 saturated carbocycles. The Morgan fingerprint density at radius 2 is 1.94 bits per heavy atom. The molecule has 7 nitrogen and oxygen atoms in total. The molecule has 0 saturated heterocycles. The molecule has 0 amide bonds. The number of fused-ring (bicyclic) bond motifs is 2. The summed E-state index contributed by atoms with van der Waals surface area (Å²) in [6.07, 6.45) is 2.38. The van der Waals surface area contributed by atoms with Gasteiger partial charge in [0, 0.05) is 56.4 Å². The maximum atomic E-state index is 12.7. The molecule has 4 aromatic rings. The van der Waals surface area contributed by atoms with Gasteiger partial charge in [0.15, 0.2) is 5.82 Å². The van der Waals surface area contributed by atoms with Crippen molar-refractivity contribution >= 4 is 16.7 Å². The van der Waals surface area contributed by atoms with Gasteiger partial charge in [0.25, 0.3) is 5.56 Å². The van der Waals surface area contributed by atoms with E-state index in [0.717, 1.165) is 41.1 Å². The van der Waals surface area contributed by atoms with Crippen molar-refractivity contribution in [2.24, 2.45) is 0 Å². The number of aromatic amines is 1. The van der Waals surface area contributed by atoms with Gasteiger partial charge in [-0.3, -0.25) is 14.7 Å². The fourth-order valence-corrected chi connectivity index (χ4v) is 4.15. The van der Waals surface area contributed by atoms with Gasteiger partial charge in [-0.05, 0) is 30.7 Å². The highest BCUT2D eigenvalue weighted by Crippen LogP contribution is 2.26. The average molecular weight is 412 g/mol. The second-order valence-electron chi connectivity index (χ2n) is 8.07. The van der Waals surface area contributed by atoms with Crippen molar-refractivity contribution in [2.45, 2.75) is 19.5 Å². The number of pyridine rings is 2. The van der Waals surface area contributed by atoms with E-state index < -0.39 is 0 Å². The molecule has 4 heterocycles. The van der Waals surface area contributed by atoms with Gasteiger partial charge in [0.2, 0.25) is 0 Å². The van der Waals surface area contributed by atoms with Crippen molar-refractivity contribution < 1.29 is 0 Å². The molecule has 31 heavy (non-hydrogen) atoms. The fourth-order valence-electron chi connectivity index (χ4n) is 4.15. The Labute approximate surface area is 180 Å². The number of rotatable bonds is 4. The first kappa shape index (κ1) is 19.4. The van der Waals surface area contributed by atoms with Crippen LogP contribution in [0.1, 0.15) is 16.8 Å². The first-order valence-electron chi connectivity index (χ1n) is 10.4. The topological polar surface area (TPSA) is 78.0 Å². The normalized spacial score (nSPS) is 13.9. The van der Waals surface area contributed by atoms with Gasteiger partial charge in [-0.1, -0.05) is 24.3 Å². The molecule has 3 aromatic heterocycles. The molecule has 156 valence electrons. The molecule has 1 aliphatic rings. The van der Waals surface area contributed by atoms with E-state index in [1.165, 1.54) is 5.56 Å². The van der Waals surface area contributed by atoms with Gasteiger partial charge in [-0.15, -0.1) is 0 Å². The van der Waals surface area contributed by atoms with Gasteiger partial charge in [0.1, 0.15) is 11.5 Å². The van der Waals surface area contributed by atoms with Crippen LogP contribution >= 0.6 is 0 Å². The minimum absolute atomic E-state index is 0.0633. The van der Waals surface area contributed by atoms with Crippen LogP contribution in [0.2, 0.25) is 0 Å². The van der Waals surface area contributed by atoms with Crippen LogP contribution in [0.5, 0.6) is 0 Å². The zero-order valence-corrected chi connectivity index (χ0v) is 17.7. The standard InChI is InChI=1S/C24H24N6O/c1-29(2)23-17(13-16-7-3-4-8-19(16)27-23)14-30-12-10-18-21(15-30)26-22(28-24(18)31)20-9-5-6-11-25-20/h3-9,11,13H,10,12,14-15H2,1-2H3,(H,26,28,31). The first-order valence-corrected chi connectivity index (χ1v) is 10.4. The van der Waals surface area contributed by atoms with Crippen LogP contribution in [0.4, 0.5) is 5.82 Å². The van der Waals surface area contributed by atoms with Gasteiger partial charge in [0.05, 0.1) is 11.2 Å². The Morgan fingerprint density at radius 1 is 1.10 bits per heavy atom. The number of H-pyrrole nitrogens is 1. The lowest BCUT2D eigenvalue weighted by Gasteiger charge is -2.29. The van der Waals surface area contributed by atoms with Crippen molar-refractivity contribution in [3.05, 3.63) is 81.9 Å². The Kier molecular flexibility index (Phi) is 4.95. The third-order valence-electron chi connectivity index (χ3n) is 5.66. The van der Waals surface area contributed by atoms with E-state index in [-0.39, 0.29) is 5.56 Å². The summed E-state index contributed by atoms with van der Waals surface area (Å²) >= 11 is 0. The van der Waals surface area contributed by atoms with E-state index in [2.05, 4.69) is 31.9 Å². The zero-order valence-electron chi connectivity index (χ0n) is 17.7. The Morgan fingerprint density at radius 3 is 2.74 bits per heavy atom. The quantitative estimate of drug-likeness (QED) is 0.555. The Bertz CT molecular complexity index is 1300. The molecule has 0 aliphatic carbocycles. The highest BCUT2D eigenvalue weighted by molar-refractivity contribution is 5.81.